The van der Waals surface area contributed by atoms with Gasteiger partial charge in [0.15, 0.2) is 0 Å². The summed E-state index contributed by atoms with van der Waals surface area (Å²) in [5.41, 5.74) is 0. The van der Waals surface area contributed by atoms with Gasteiger partial charge in [-0.2, -0.15) is 0 Å². The van der Waals surface area contributed by atoms with Crippen LogP contribution in [-0.4, -0.2) is 61.9 Å². The molecule has 0 aromatic carbocycles. The largest absolute Gasteiger partial charge is 0.394 e. The van der Waals surface area contributed by atoms with Gasteiger partial charge in [-0.15, -0.1) is 0 Å². The van der Waals surface area contributed by atoms with Crippen LogP contribution in [0.25, 0.3) is 0 Å². The molecule has 0 radical (unpaired) electrons. The second kappa shape index (κ2) is 5.52. The highest BCUT2D eigenvalue weighted by Crippen LogP contribution is 2.03. The maximum absolute atomic E-state index is 9.05. The Morgan fingerprint density at radius 2 is 1.75 bits per heavy atom. The molecule has 0 heterocycles. The molecule has 5 atom stereocenters. The molecule has 0 aliphatic rings. The van der Waals surface area contributed by atoms with Crippen LogP contribution in [0, 0.1) is 0 Å². The fourth-order valence-electron chi connectivity index (χ4n) is 0.573. The zero-order valence-electron chi connectivity index (χ0n) is 7.11. The van der Waals surface area contributed by atoms with E-state index in [0.717, 1.165) is 5.37 Å². The van der Waals surface area contributed by atoms with Gasteiger partial charge < -0.3 is 25.5 Å². The standard InChI is InChI=1S/C6H12O5S/c7-1-3(8)5(10)6(11)4(9)2-12/h2-11H,1H2/t3-,4+,5-,6-/m1/s1/i1D/t1?,3-,4+,5-,6-. The maximum atomic E-state index is 9.05. The molecule has 12 heavy (non-hydrogen) atoms. The van der Waals surface area contributed by atoms with Gasteiger partial charge in [-0.05, 0) is 0 Å². The van der Waals surface area contributed by atoms with Gasteiger partial charge in [0.25, 0.3) is 0 Å². The van der Waals surface area contributed by atoms with Gasteiger partial charge >= 0.3 is 0 Å². The molecule has 0 bridgehead atoms. The summed E-state index contributed by atoms with van der Waals surface area (Å²) in [5.74, 6) is 0. The predicted octanol–water partition coefficient (Wildman–Crippen LogP) is -2.58. The van der Waals surface area contributed by atoms with Crippen LogP contribution in [0.2, 0.25) is 0 Å². The van der Waals surface area contributed by atoms with Gasteiger partial charge in [-0.25, -0.2) is 0 Å². The van der Waals surface area contributed by atoms with Crippen LogP contribution in [0.1, 0.15) is 1.37 Å². The molecular formula is C6H12O5S. The Labute approximate surface area is 76.3 Å². The summed E-state index contributed by atoms with van der Waals surface area (Å²) in [6, 6.07) is 0. The zero-order chi connectivity index (χ0) is 10.6. The lowest BCUT2D eigenvalue weighted by Crippen LogP contribution is -2.46. The first-order valence-electron chi connectivity index (χ1n) is 3.77. The van der Waals surface area contributed by atoms with Crippen LogP contribution in [0.5, 0.6) is 0 Å². The van der Waals surface area contributed by atoms with Gasteiger partial charge in [-0.3, -0.25) is 0 Å². The van der Waals surface area contributed by atoms with Crippen molar-refractivity contribution < 1.29 is 26.9 Å². The van der Waals surface area contributed by atoms with Crippen molar-refractivity contribution >= 4 is 17.6 Å². The summed E-state index contributed by atoms with van der Waals surface area (Å²) in [7, 11) is 0. The van der Waals surface area contributed by atoms with Gasteiger partial charge in [0.2, 0.25) is 0 Å². The van der Waals surface area contributed by atoms with Crippen LogP contribution in [0.4, 0.5) is 0 Å². The van der Waals surface area contributed by atoms with E-state index in [2.05, 4.69) is 12.2 Å². The van der Waals surface area contributed by atoms with Crippen molar-refractivity contribution in [2.45, 2.75) is 24.4 Å². The lowest BCUT2D eigenvalue weighted by atomic mass is 10.0. The Balaban J connectivity index is 4.23. The number of hydrogen-bond donors (Lipinski definition) is 5. The third kappa shape index (κ3) is 3.10. The molecule has 72 valence electrons. The molecule has 0 saturated heterocycles. The smallest absolute Gasteiger partial charge is 0.113 e. The molecule has 5 N–H and O–H groups in total. The van der Waals surface area contributed by atoms with E-state index in [1.165, 1.54) is 0 Å². The molecule has 0 spiro atoms. The molecule has 6 heteroatoms. The Hall–Kier alpha value is -0.110. The monoisotopic (exact) mass is 197 g/mol. The zero-order valence-corrected chi connectivity index (χ0v) is 6.92. The van der Waals surface area contributed by atoms with E-state index in [9.17, 15) is 0 Å². The van der Waals surface area contributed by atoms with Crippen LogP contribution in [-0.2, 0) is 0 Å². The highest BCUT2D eigenvalue weighted by Gasteiger charge is 2.28. The molecule has 0 fully saturated rings. The quantitative estimate of drug-likeness (QED) is 0.310. The third-order valence-electron chi connectivity index (χ3n) is 1.34. The van der Waals surface area contributed by atoms with Crippen LogP contribution in [0.15, 0.2) is 0 Å². The molecule has 0 aromatic rings. The molecule has 0 saturated carbocycles. The van der Waals surface area contributed by atoms with Gasteiger partial charge in [-0.1, -0.05) is 12.2 Å². The first-order valence-corrected chi connectivity index (χ1v) is 3.66. The van der Waals surface area contributed by atoms with E-state index in [0.29, 0.717) is 0 Å². The van der Waals surface area contributed by atoms with Crippen molar-refractivity contribution in [1.29, 1.82) is 0 Å². The van der Waals surface area contributed by atoms with Crippen molar-refractivity contribution in [2.24, 2.45) is 0 Å². The number of hydrogen-bond acceptors (Lipinski definition) is 6. The molecule has 0 aromatic heterocycles. The summed E-state index contributed by atoms with van der Waals surface area (Å²) in [6.45, 7) is -1.94. The molecule has 0 amide bonds. The average molecular weight is 197 g/mol. The fourth-order valence-corrected chi connectivity index (χ4v) is 0.734. The van der Waals surface area contributed by atoms with Crippen LogP contribution < -0.4 is 0 Å². The average Bonchev–Trinajstić information content (AvgIpc) is 2.12. The Morgan fingerprint density at radius 1 is 1.25 bits per heavy atom. The predicted molar refractivity (Wildman–Crippen MR) is 44.8 cm³/mol. The Morgan fingerprint density at radius 3 is 2.08 bits per heavy atom. The van der Waals surface area contributed by atoms with Crippen molar-refractivity contribution in [3.63, 3.8) is 0 Å². The molecular weight excluding hydrogens is 184 g/mol. The number of aliphatic hydroxyl groups excluding tert-OH is 5. The normalized spacial score (nSPS) is 24.9. The van der Waals surface area contributed by atoms with Crippen molar-refractivity contribution in [2.75, 3.05) is 6.58 Å². The number of thiocarbonyl (C=S) groups is 1. The number of rotatable bonds is 5. The van der Waals surface area contributed by atoms with E-state index in [1.54, 1.807) is 0 Å². The lowest BCUT2D eigenvalue weighted by molar-refractivity contribution is -0.0996. The minimum absolute atomic E-state index is 0.803. The second-order valence-electron chi connectivity index (χ2n) is 2.25. The summed E-state index contributed by atoms with van der Waals surface area (Å²) >= 11 is 4.29. The fraction of sp³-hybridized carbons (Fsp3) is 0.833. The Kier molecular flexibility index (Phi) is 4.59. The highest BCUT2D eigenvalue weighted by molar-refractivity contribution is 7.79. The van der Waals surface area contributed by atoms with Crippen LogP contribution >= 0.6 is 12.2 Å². The molecule has 0 aliphatic carbocycles. The van der Waals surface area contributed by atoms with Gasteiger partial charge in [0.1, 0.15) is 24.4 Å². The van der Waals surface area contributed by atoms with E-state index in [-0.39, 0.29) is 0 Å². The minimum Gasteiger partial charge on any atom is -0.394 e. The summed E-state index contributed by atoms with van der Waals surface area (Å²) in [5, 5.41) is 45.2. The lowest BCUT2D eigenvalue weighted by Gasteiger charge is -2.23. The molecule has 0 aliphatic heterocycles. The van der Waals surface area contributed by atoms with Crippen molar-refractivity contribution in [1.82, 2.24) is 0 Å². The summed E-state index contributed by atoms with van der Waals surface area (Å²) < 4.78 is 6.62. The first kappa shape index (κ1) is 9.97. The molecule has 0 rings (SSSR count). The van der Waals surface area contributed by atoms with E-state index < -0.39 is 31.0 Å². The Bertz CT molecular complexity index is 167. The van der Waals surface area contributed by atoms with Gasteiger partial charge in [0, 0.05) is 5.37 Å². The summed E-state index contributed by atoms with van der Waals surface area (Å²) in [4.78, 5) is 0. The second-order valence-corrected chi connectivity index (χ2v) is 2.52. The topological polar surface area (TPSA) is 101 Å². The van der Waals surface area contributed by atoms with Crippen molar-refractivity contribution in [3.8, 4) is 0 Å². The third-order valence-corrected chi connectivity index (χ3v) is 1.62. The van der Waals surface area contributed by atoms with E-state index in [1.807, 2.05) is 0 Å². The van der Waals surface area contributed by atoms with E-state index in [4.69, 9.17) is 26.9 Å². The van der Waals surface area contributed by atoms with Crippen molar-refractivity contribution in [3.05, 3.63) is 0 Å². The van der Waals surface area contributed by atoms with Crippen LogP contribution in [0.3, 0.4) is 0 Å². The minimum atomic E-state index is -1.94. The summed E-state index contributed by atoms with van der Waals surface area (Å²) in [6.07, 6.45) is -6.87. The molecule has 5 nitrogen and oxygen atoms in total. The number of aliphatic hydroxyl groups is 5. The maximum Gasteiger partial charge on any atom is 0.113 e. The van der Waals surface area contributed by atoms with Gasteiger partial charge in [0.05, 0.1) is 7.95 Å². The molecule has 1 unspecified atom stereocenters. The van der Waals surface area contributed by atoms with E-state index >= 15 is 0 Å². The highest BCUT2D eigenvalue weighted by atomic mass is 32.1. The SMILES string of the molecule is [2H]C(O)[C@@H](O)[C@@H](O)[C@H](O)[C@@H](O)C=S. The first-order chi connectivity index (χ1) is 5.91.